The van der Waals surface area contributed by atoms with Crippen molar-refractivity contribution < 1.29 is 17.9 Å². The molecule has 0 aliphatic rings. The SMILES string of the molecule is CCN(CC(F)(F)F)c1cc(N)cc(OC(C)C)c1. The van der Waals surface area contributed by atoms with Gasteiger partial charge in [0, 0.05) is 30.1 Å². The molecule has 0 atom stereocenters. The molecule has 19 heavy (non-hydrogen) atoms. The Labute approximate surface area is 111 Å². The van der Waals surface area contributed by atoms with Gasteiger partial charge in [-0.25, -0.2) is 0 Å². The molecule has 108 valence electrons. The molecule has 1 rings (SSSR count). The minimum Gasteiger partial charge on any atom is -0.491 e. The van der Waals surface area contributed by atoms with Crippen LogP contribution in [-0.4, -0.2) is 25.4 Å². The van der Waals surface area contributed by atoms with Gasteiger partial charge >= 0.3 is 6.18 Å². The zero-order chi connectivity index (χ0) is 14.6. The number of alkyl halides is 3. The third-order valence-electron chi connectivity index (χ3n) is 2.40. The Bertz CT molecular complexity index is 419. The molecule has 0 aromatic heterocycles. The maximum atomic E-state index is 12.5. The van der Waals surface area contributed by atoms with Gasteiger partial charge in [0.25, 0.3) is 0 Å². The molecule has 3 nitrogen and oxygen atoms in total. The predicted octanol–water partition coefficient (Wildman–Crippen LogP) is 3.44. The molecule has 1 aromatic carbocycles. The number of nitrogens with two attached hydrogens (primary N) is 1. The van der Waals surface area contributed by atoms with E-state index in [1.54, 1.807) is 19.1 Å². The third-order valence-corrected chi connectivity index (χ3v) is 2.40. The molecule has 6 heteroatoms. The minimum atomic E-state index is -4.25. The Morgan fingerprint density at radius 3 is 2.37 bits per heavy atom. The Kier molecular flexibility index (Phi) is 4.91. The van der Waals surface area contributed by atoms with Crippen molar-refractivity contribution in [1.29, 1.82) is 0 Å². The maximum Gasteiger partial charge on any atom is 0.405 e. The summed E-state index contributed by atoms with van der Waals surface area (Å²) in [6, 6.07) is 4.69. The van der Waals surface area contributed by atoms with Crippen molar-refractivity contribution in [2.45, 2.75) is 33.1 Å². The van der Waals surface area contributed by atoms with Gasteiger partial charge in [0.2, 0.25) is 0 Å². The van der Waals surface area contributed by atoms with Crippen molar-refractivity contribution in [3.05, 3.63) is 18.2 Å². The lowest BCUT2D eigenvalue weighted by atomic mass is 10.2. The molecule has 0 spiro atoms. The van der Waals surface area contributed by atoms with Crippen LogP contribution in [0.25, 0.3) is 0 Å². The molecule has 1 aromatic rings. The Morgan fingerprint density at radius 1 is 1.26 bits per heavy atom. The van der Waals surface area contributed by atoms with Crippen molar-refractivity contribution in [2.75, 3.05) is 23.7 Å². The van der Waals surface area contributed by atoms with Gasteiger partial charge < -0.3 is 15.4 Å². The molecule has 0 aliphatic heterocycles. The number of hydrogen-bond donors (Lipinski definition) is 1. The number of nitrogens with zero attached hydrogens (tertiary/aromatic N) is 1. The van der Waals surface area contributed by atoms with Crippen molar-refractivity contribution in [3.8, 4) is 5.75 Å². The van der Waals surface area contributed by atoms with Crippen LogP contribution < -0.4 is 15.4 Å². The first-order valence-electron chi connectivity index (χ1n) is 6.10. The standard InChI is InChI=1S/C13H19F3N2O/c1-4-18(8-13(14,15)16)11-5-10(17)6-12(7-11)19-9(2)3/h5-7,9H,4,8,17H2,1-3H3. The van der Waals surface area contributed by atoms with Gasteiger partial charge in [-0.1, -0.05) is 0 Å². The summed E-state index contributed by atoms with van der Waals surface area (Å²) < 4.78 is 42.9. The largest absolute Gasteiger partial charge is 0.491 e. The molecular weight excluding hydrogens is 257 g/mol. The summed E-state index contributed by atoms with van der Waals surface area (Å²) in [5.74, 6) is 0.477. The Hall–Kier alpha value is -1.59. The maximum absolute atomic E-state index is 12.5. The lowest BCUT2D eigenvalue weighted by Crippen LogP contribution is -2.34. The highest BCUT2D eigenvalue weighted by molar-refractivity contribution is 5.60. The number of nitrogen functional groups attached to an aromatic ring is 1. The van der Waals surface area contributed by atoms with Gasteiger partial charge in [0.05, 0.1) is 6.10 Å². The van der Waals surface area contributed by atoms with E-state index in [1.165, 1.54) is 11.0 Å². The number of rotatable bonds is 5. The van der Waals surface area contributed by atoms with Crippen LogP contribution in [-0.2, 0) is 0 Å². The molecule has 0 fully saturated rings. The fourth-order valence-electron chi connectivity index (χ4n) is 1.73. The highest BCUT2D eigenvalue weighted by Gasteiger charge is 2.30. The zero-order valence-electron chi connectivity index (χ0n) is 11.3. The molecule has 0 saturated heterocycles. The summed E-state index contributed by atoms with van der Waals surface area (Å²) in [5, 5.41) is 0. The number of hydrogen-bond acceptors (Lipinski definition) is 3. The lowest BCUT2D eigenvalue weighted by molar-refractivity contribution is -0.119. The topological polar surface area (TPSA) is 38.5 Å². The molecule has 0 unspecified atom stereocenters. The summed E-state index contributed by atoms with van der Waals surface area (Å²) in [7, 11) is 0. The van der Waals surface area contributed by atoms with Gasteiger partial charge in [-0.3, -0.25) is 0 Å². The average molecular weight is 276 g/mol. The van der Waals surface area contributed by atoms with Gasteiger partial charge in [0.1, 0.15) is 12.3 Å². The van der Waals surface area contributed by atoms with E-state index in [9.17, 15) is 13.2 Å². The van der Waals surface area contributed by atoms with Crippen LogP contribution in [0.2, 0.25) is 0 Å². The molecule has 0 heterocycles. The average Bonchev–Trinajstić information content (AvgIpc) is 2.22. The van der Waals surface area contributed by atoms with Crippen LogP contribution in [0.1, 0.15) is 20.8 Å². The molecule has 0 radical (unpaired) electrons. The van der Waals surface area contributed by atoms with Gasteiger partial charge in [0.15, 0.2) is 0 Å². The third kappa shape index (κ3) is 5.28. The van der Waals surface area contributed by atoms with E-state index in [2.05, 4.69) is 0 Å². The fourth-order valence-corrected chi connectivity index (χ4v) is 1.73. The minimum absolute atomic E-state index is 0.0626. The summed E-state index contributed by atoms with van der Waals surface area (Å²) in [5.41, 5.74) is 6.50. The highest BCUT2D eigenvalue weighted by Crippen LogP contribution is 2.28. The number of halogens is 3. The van der Waals surface area contributed by atoms with E-state index in [0.717, 1.165) is 0 Å². The van der Waals surface area contributed by atoms with Crippen molar-refractivity contribution in [2.24, 2.45) is 0 Å². The molecule has 0 saturated carbocycles. The Morgan fingerprint density at radius 2 is 1.89 bits per heavy atom. The second-order valence-corrected chi connectivity index (χ2v) is 4.56. The van der Waals surface area contributed by atoms with E-state index in [4.69, 9.17) is 10.5 Å². The van der Waals surface area contributed by atoms with Crippen LogP contribution in [0.15, 0.2) is 18.2 Å². The van der Waals surface area contributed by atoms with E-state index in [-0.39, 0.29) is 12.6 Å². The zero-order valence-corrected chi connectivity index (χ0v) is 11.3. The van der Waals surface area contributed by atoms with E-state index >= 15 is 0 Å². The van der Waals surface area contributed by atoms with Crippen molar-refractivity contribution in [3.63, 3.8) is 0 Å². The van der Waals surface area contributed by atoms with E-state index < -0.39 is 12.7 Å². The van der Waals surface area contributed by atoms with Gasteiger partial charge in [-0.05, 0) is 26.8 Å². The predicted molar refractivity (Wildman–Crippen MR) is 70.6 cm³/mol. The summed E-state index contributed by atoms with van der Waals surface area (Å²) in [6.45, 7) is 4.59. The number of benzene rings is 1. The van der Waals surface area contributed by atoms with E-state index in [0.29, 0.717) is 17.1 Å². The first-order valence-corrected chi connectivity index (χ1v) is 6.10. The number of ether oxygens (including phenoxy) is 1. The molecule has 0 amide bonds. The van der Waals surface area contributed by atoms with Crippen molar-refractivity contribution in [1.82, 2.24) is 0 Å². The summed E-state index contributed by atoms with van der Waals surface area (Å²) in [6.07, 6.45) is -4.31. The fraction of sp³-hybridized carbons (Fsp3) is 0.538. The summed E-state index contributed by atoms with van der Waals surface area (Å²) in [4.78, 5) is 1.21. The van der Waals surface area contributed by atoms with Crippen LogP contribution in [0.3, 0.4) is 0 Å². The highest BCUT2D eigenvalue weighted by atomic mass is 19.4. The smallest absolute Gasteiger partial charge is 0.405 e. The van der Waals surface area contributed by atoms with Gasteiger partial charge in [-0.15, -0.1) is 0 Å². The molecule has 0 aliphatic carbocycles. The molecule has 2 N–H and O–H groups in total. The van der Waals surface area contributed by atoms with Crippen LogP contribution in [0.4, 0.5) is 24.5 Å². The van der Waals surface area contributed by atoms with Gasteiger partial charge in [-0.2, -0.15) is 13.2 Å². The first-order chi connectivity index (χ1) is 8.71. The second kappa shape index (κ2) is 6.04. The van der Waals surface area contributed by atoms with Crippen LogP contribution >= 0.6 is 0 Å². The first kappa shape index (κ1) is 15.5. The van der Waals surface area contributed by atoms with Crippen LogP contribution in [0, 0.1) is 0 Å². The summed E-state index contributed by atoms with van der Waals surface area (Å²) >= 11 is 0. The van der Waals surface area contributed by atoms with Crippen molar-refractivity contribution >= 4 is 11.4 Å². The lowest BCUT2D eigenvalue weighted by Gasteiger charge is -2.25. The molecular formula is C13H19F3N2O. The monoisotopic (exact) mass is 276 g/mol. The Balaban J connectivity index is 3.00. The normalized spacial score (nSPS) is 11.7. The number of anilines is 2. The van der Waals surface area contributed by atoms with Crippen LogP contribution in [0.5, 0.6) is 5.75 Å². The van der Waals surface area contributed by atoms with E-state index in [1.807, 2.05) is 13.8 Å². The molecule has 0 bridgehead atoms. The quantitative estimate of drug-likeness (QED) is 0.837. The second-order valence-electron chi connectivity index (χ2n) is 4.56.